The summed E-state index contributed by atoms with van der Waals surface area (Å²) in [4.78, 5) is 10.2. The number of hydrogen-bond acceptors (Lipinski definition) is 2. The van der Waals surface area contributed by atoms with Crippen LogP contribution in [0, 0.1) is 0 Å². The summed E-state index contributed by atoms with van der Waals surface area (Å²) in [5.74, 6) is 0. The molecule has 0 heterocycles. The molecular weight excluding hydrogens is 144 g/mol. The molecule has 0 aliphatic heterocycles. The van der Waals surface area contributed by atoms with Gasteiger partial charge in [-0.3, -0.25) is 0 Å². The van der Waals surface area contributed by atoms with Crippen LogP contribution in [0.25, 0.3) is 0 Å². The molecule has 0 atom stereocenters. The van der Waals surface area contributed by atoms with Gasteiger partial charge < -0.3 is 0 Å². The van der Waals surface area contributed by atoms with E-state index >= 15 is 0 Å². The summed E-state index contributed by atoms with van der Waals surface area (Å²) in [5.41, 5.74) is 0. The first kappa shape index (κ1) is 7.87. The molecule has 0 spiro atoms. The van der Waals surface area contributed by atoms with E-state index in [1.807, 2.05) is 6.92 Å². The van der Waals surface area contributed by atoms with E-state index in [9.17, 15) is 4.79 Å². The third-order valence-electron chi connectivity index (χ3n) is 0.542. The Morgan fingerprint density at radius 3 is 2.88 bits per heavy atom. The number of carbonyl (C=O) groups is 1. The summed E-state index contributed by atoms with van der Waals surface area (Å²) in [6, 6.07) is 0. The van der Waals surface area contributed by atoms with Gasteiger partial charge in [0.15, 0.2) is 0 Å². The summed E-state index contributed by atoms with van der Waals surface area (Å²) in [5, 5.41) is 3.43. The molecule has 8 heavy (non-hydrogen) atoms. The fraction of sp³-hybridized carbons (Fsp3) is 0.600. The quantitative estimate of drug-likeness (QED) is 0.605. The number of carbonyl (C=O) groups excluding carboxylic acids is 1. The molecule has 0 amide bonds. The van der Waals surface area contributed by atoms with Crippen molar-refractivity contribution >= 4 is 10.2 Å². The van der Waals surface area contributed by atoms with E-state index in [1.54, 1.807) is 0 Å². The summed E-state index contributed by atoms with van der Waals surface area (Å²) in [6.07, 6.45) is 0.891. The van der Waals surface area contributed by atoms with E-state index < -0.39 is 0 Å². The van der Waals surface area contributed by atoms with E-state index in [0.29, 0.717) is 6.61 Å². The van der Waals surface area contributed by atoms with Crippen molar-refractivity contribution in [3.8, 4) is 0 Å². The van der Waals surface area contributed by atoms with E-state index in [1.165, 1.54) is 0 Å². The van der Waals surface area contributed by atoms with Crippen LogP contribution in [0.4, 0.5) is 4.79 Å². The van der Waals surface area contributed by atoms with Gasteiger partial charge in [-0.25, -0.2) is 0 Å². The molecule has 0 aromatic rings. The Bertz CT molecular complexity index is 90.4. The molecule has 0 aromatic heterocycles. The van der Waals surface area contributed by atoms with Crippen LogP contribution in [0.5, 0.6) is 0 Å². The minimum absolute atomic E-state index is 0.153. The summed E-state index contributed by atoms with van der Waals surface area (Å²) in [7, 11) is 0. The predicted octanol–water partition coefficient (Wildman–Crippen LogP) is 1.05. The first-order valence-electron chi connectivity index (χ1n) is 2.40. The number of ether oxygens (including phenoxy) is 1. The zero-order valence-electron chi connectivity index (χ0n) is 4.85. The van der Waals surface area contributed by atoms with Crippen LogP contribution in [0.2, 0.25) is 0 Å². The molecule has 0 aromatic carbocycles. The second kappa shape index (κ2) is 5.02. The first-order chi connectivity index (χ1) is 3.81. The zero-order valence-corrected chi connectivity index (χ0v) is 6.12. The molecule has 0 rings (SSSR count). The van der Waals surface area contributed by atoms with Crippen LogP contribution in [0.3, 0.4) is 0 Å². The summed E-state index contributed by atoms with van der Waals surface area (Å²) >= 11 is -0.227. The Labute approximate surface area is 55.1 Å². The van der Waals surface area contributed by atoms with Gasteiger partial charge >= 0.3 is 54.5 Å². The van der Waals surface area contributed by atoms with Crippen LogP contribution in [-0.2, 0) is 19.5 Å². The van der Waals surface area contributed by atoms with Gasteiger partial charge in [0.2, 0.25) is 0 Å². The average Bonchev–Trinajstić information content (AvgIpc) is 1.83. The van der Waals surface area contributed by atoms with Crippen molar-refractivity contribution in [2.45, 2.75) is 13.3 Å². The SMILES string of the molecule is [CH2]=[Cr][C](=O)OCCC. The Morgan fingerprint density at radius 2 is 2.50 bits per heavy atom. The first-order valence-corrected chi connectivity index (χ1v) is 3.94. The van der Waals surface area contributed by atoms with Crippen LogP contribution in [0.15, 0.2) is 0 Å². The standard InChI is InChI=1S/C4H7O2.CH2.Cr/c1-2-3-6-4-5;;/h2-3H2,1H3;1H2;. The molecule has 3 heteroatoms. The Balaban J connectivity index is 3.11. The fourth-order valence-electron chi connectivity index (χ4n) is 0.227. The maximum atomic E-state index is 10.3. The zero-order chi connectivity index (χ0) is 6.41. The second-order valence-corrected chi connectivity index (χ2v) is 2.21. The third-order valence-corrected chi connectivity index (χ3v) is 1.09. The molecule has 0 bridgehead atoms. The van der Waals surface area contributed by atoms with Crippen molar-refractivity contribution in [1.82, 2.24) is 0 Å². The monoisotopic (exact) mass is 153 g/mol. The third kappa shape index (κ3) is 4.04. The van der Waals surface area contributed by atoms with Gasteiger partial charge in [-0.15, -0.1) is 0 Å². The molecule has 0 saturated heterocycles. The van der Waals surface area contributed by atoms with E-state index in [2.05, 4.69) is 10.1 Å². The summed E-state index contributed by atoms with van der Waals surface area (Å²) in [6.45, 7) is 2.50. The minimum atomic E-state index is -0.227. The van der Waals surface area contributed by atoms with E-state index in [0.717, 1.165) is 6.42 Å². The molecule has 2 nitrogen and oxygen atoms in total. The molecule has 0 N–H and O–H groups in total. The van der Waals surface area contributed by atoms with Gasteiger partial charge in [0.05, 0.1) is 0 Å². The van der Waals surface area contributed by atoms with Crippen molar-refractivity contribution < 1.29 is 24.3 Å². The van der Waals surface area contributed by atoms with Crippen LogP contribution in [-0.4, -0.2) is 16.8 Å². The molecule has 0 radical (unpaired) electrons. The van der Waals surface area contributed by atoms with Gasteiger partial charge in [-0.2, -0.15) is 0 Å². The number of rotatable bonds is 3. The fourth-order valence-corrected chi connectivity index (χ4v) is 0.487. The Hall–Kier alpha value is -0.128. The molecule has 47 valence electrons. The molecule has 0 saturated carbocycles. The molecule has 0 unspecified atom stereocenters. The van der Waals surface area contributed by atoms with Gasteiger partial charge in [0.1, 0.15) is 0 Å². The molecule has 0 fully saturated rings. The second-order valence-electron chi connectivity index (χ2n) is 1.24. The molecule has 0 aliphatic rings. The van der Waals surface area contributed by atoms with Crippen molar-refractivity contribution in [2.24, 2.45) is 0 Å². The Kier molecular flexibility index (Phi) is 4.94. The number of hydrogen-bond donors (Lipinski definition) is 0. The van der Waals surface area contributed by atoms with E-state index in [4.69, 9.17) is 0 Å². The van der Waals surface area contributed by atoms with Gasteiger partial charge in [0.25, 0.3) is 0 Å². The normalized spacial score (nSPS) is 8.12. The summed E-state index contributed by atoms with van der Waals surface area (Å²) < 4.78 is 4.67. The molecule has 0 aliphatic carbocycles. The van der Waals surface area contributed by atoms with Crippen molar-refractivity contribution in [1.29, 1.82) is 0 Å². The van der Waals surface area contributed by atoms with Crippen LogP contribution < -0.4 is 0 Å². The van der Waals surface area contributed by atoms with Crippen molar-refractivity contribution in [2.75, 3.05) is 6.61 Å². The van der Waals surface area contributed by atoms with Gasteiger partial charge in [0, 0.05) is 0 Å². The van der Waals surface area contributed by atoms with Gasteiger partial charge in [-0.1, -0.05) is 0 Å². The maximum absolute atomic E-state index is 10.3. The predicted molar refractivity (Wildman–Crippen MR) is 28.8 cm³/mol. The van der Waals surface area contributed by atoms with Crippen LogP contribution in [0.1, 0.15) is 13.3 Å². The topological polar surface area (TPSA) is 26.3 Å². The van der Waals surface area contributed by atoms with Gasteiger partial charge in [-0.05, 0) is 0 Å². The van der Waals surface area contributed by atoms with Crippen LogP contribution >= 0.6 is 0 Å². The Morgan fingerprint density at radius 1 is 1.88 bits per heavy atom. The van der Waals surface area contributed by atoms with E-state index in [-0.39, 0.29) is 19.6 Å². The van der Waals surface area contributed by atoms with Crippen molar-refractivity contribution in [3.05, 3.63) is 0 Å². The molecular formula is C5H9CrO2. The van der Waals surface area contributed by atoms with Crippen molar-refractivity contribution in [3.63, 3.8) is 0 Å². The average molecular weight is 153 g/mol.